The first-order valence-electron chi connectivity index (χ1n) is 6.36. The fraction of sp³-hybridized carbons (Fsp3) is 0.333. The zero-order chi connectivity index (χ0) is 14.9. The van der Waals surface area contributed by atoms with Gasteiger partial charge < -0.3 is 0 Å². The fourth-order valence-electron chi connectivity index (χ4n) is 2.26. The van der Waals surface area contributed by atoms with Crippen LogP contribution >= 0.6 is 0 Å². The highest BCUT2D eigenvalue weighted by Crippen LogP contribution is 2.24. The van der Waals surface area contributed by atoms with Gasteiger partial charge >= 0.3 is 0 Å². The molecular formula is C12H12N6O2S. The van der Waals surface area contributed by atoms with E-state index in [1.807, 2.05) is 6.07 Å². The molecule has 3 heterocycles. The van der Waals surface area contributed by atoms with Crippen LogP contribution in [0.1, 0.15) is 30.4 Å². The summed E-state index contributed by atoms with van der Waals surface area (Å²) in [6.45, 7) is 0.742. The third kappa shape index (κ3) is 2.63. The zero-order valence-electron chi connectivity index (χ0n) is 11.0. The maximum absolute atomic E-state index is 12.3. The van der Waals surface area contributed by atoms with E-state index in [0.29, 0.717) is 12.2 Å². The number of nitrogens with zero attached hydrogens (tertiary/aromatic N) is 5. The summed E-state index contributed by atoms with van der Waals surface area (Å²) in [7, 11) is -3.71. The Kier molecular flexibility index (Phi) is 3.40. The molecule has 2 aromatic rings. The van der Waals surface area contributed by atoms with Gasteiger partial charge in [-0.3, -0.25) is 0 Å². The number of hydrogen-bond donors (Lipinski definition) is 1. The zero-order valence-corrected chi connectivity index (χ0v) is 11.8. The molecule has 108 valence electrons. The molecule has 1 atom stereocenters. The third-order valence-corrected chi connectivity index (χ3v) is 4.74. The highest BCUT2D eigenvalue weighted by Gasteiger charge is 2.27. The second kappa shape index (κ2) is 5.23. The molecule has 0 radical (unpaired) electrons. The summed E-state index contributed by atoms with van der Waals surface area (Å²) in [5, 5.41) is 12.7. The lowest BCUT2D eigenvalue weighted by molar-refractivity contribution is 0.400. The Bertz CT molecular complexity index is 790. The van der Waals surface area contributed by atoms with Gasteiger partial charge in [-0.25, -0.2) is 27.8 Å². The van der Waals surface area contributed by atoms with Crippen LogP contribution in [-0.4, -0.2) is 28.2 Å². The predicted molar refractivity (Wildman–Crippen MR) is 71.3 cm³/mol. The van der Waals surface area contributed by atoms with Gasteiger partial charge in [-0.05, 0) is 25.0 Å². The van der Waals surface area contributed by atoms with Crippen LogP contribution in [0.3, 0.4) is 0 Å². The normalized spacial score (nSPS) is 18.0. The average Bonchev–Trinajstić information content (AvgIpc) is 2.97. The van der Waals surface area contributed by atoms with E-state index in [9.17, 15) is 8.42 Å². The Labute approximate surface area is 121 Å². The minimum atomic E-state index is -3.71. The van der Waals surface area contributed by atoms with Crippen molar-refractivity contribution < 1.29 is 8.42 Å². The molecule has 21 heavy (non-hydrogen) atoms. The lowest BCUT2D eigenvalue weighted by Crippen LogP contribution is -2.33. The van der Waals surface area contributed by atoms with E-state index >= 15 is 0 Å². The van der Waals surface area contributed by atoms with Crippen LogP contribution in [0.5, 0.6) is 0 Å². The highest BCUT2D eigenvalue weighted by molar-refractivity contribution is 7.89. The summed E-state index contributed by atoms with van der Waals surface area (Å²) < 4.78 is 29.0. The maximum Gasteiger partial charge on any atom is 0.242 e. The van der Waals surface area contributed by atoms with Gasteiger partial charge in [-0.1, -0.05) is 0 Å². The standard InChI is InChI=1S/C12H12N6O2S/c13-6-9-3-4-10(7-14-9)21(19,20)17-11-2-1-5-18-12(11)15-8-16-18/h3-4,7-8,11,17H,1-2,5H2. The second-order valence-electron chi connectivity index (χ2n) is 4.65. The fourth-order valence-corrected chi connectivity index (χ4v) is 3.43. The number of pyridine rings is 1. The molecule has 1 unspecified atom stereocenters. The minimum Gasteiger partial charge on any atom is -0.248 e. The lowest BCUT2D eigenvalue weighted by atomic mass is 10.1. The van der Waals surface area contributed by atoms with Gasteiger partial charge in [0, 0.05) is 12.7 Å². The van der Waals surface area contributed by atoms with E-state index < -0.39 is 16.1 Å². The summed E-state index contributed by atoms with van der Waals surface area (Å²) in [4.78, 5) is 7.91. The molecule has 1 aliphatic heterocycles. The van der Waals surface area contributed by atoms with Crippen LogP contribution in [0.4, 0.5) is 0 Å². The summed E-state index contributed by atoms with van der Waals surface area (Å²) in [5.41, 5.74) is 0.173. The first kappa shape index (κ1) is 13.7. The molecule has 0 saturated carbocycles. The topological polar surface area (TPSA) is 114 Å². The van der Waals surface area contributed by atoms with Crippen LogP contribution in [-0.2, 0) is 16.6 Å². The van der Waals surface area contributed by atoms with Crippen LogP contribution in [0.2, 0.25) is 0 Å². The van der Waals surface area contributed by atoms with Crippen LogP contribution < -0.4 is 4.72 Å². The SMILES string of the molecule is N#Cc1ccc(S(=O)(=O)NC2CCCn3ncnc32)cn1. The van der Waals surface area contributed by atoms with Crippen LogP contribution in [0.25, 0.3) is 0 Å². The minimum absolute atomic E-state index is 0.0261. The molecule has 0 saturated heterocycles. The number of fused-ring (bicyclic) bond motifs is 1. The number of rotatable bonds is 3. The van der Waals surface area contributed by atoms with Gasteiger partial charge in [0.15, 0.2) is 0 Å². The quantitative estimate of drug-likeness (QED) is 0.875. The van der Waals surface area contributed by atoms with Gasteiger partial charge in [-0.15, -0.1) is 0 Å². The molecule has 0 aromatic carbocycles. The number of nitrogens with one attached hydrogen (secondary N) is 1. The largest absolute Gasteiger partial charge is 0.248 e. The van der Waals surface area contributed by atoms with E-state index in [1.165, 1.54) is 24.7 Å². The Hall–Kier alpha value is -2.31. The van der Waals surface area contributed by atoms with Crippen LogP contribution in [0, 0.1) is 11.3 Å². The van der Waals surface area contributed by atoms with Gasteiger partial charge in [0.25, 0.3) is 0 Å². The van der Waals surface area contributed by atoms with Crippen molar-refractivity contribution in [3.63, 3.8) is 0 Å². The summed E-state index contributed by atoms with van der Waals surface area (Å²) in [6, 6.07) is 4.18. The van der Waals surface area contributed by atoms with E-state index in [0.717, 1.165) is 13.0 Å². The first-order chi connectivity index (χ1) is 10.1. The number of sulfonamides is 1. The van der Waals surface area contributed by atoms with Crippen molar-refractivity contribution >= 4 is 10.0 Å². The Morgan fingerprint density at radius 3 is 2.95 bits per heavy atom. The van der Waals surface area contributed by atoms with E-state index in [-0.39, 0.29) is 10.6 Å². The average molecular weight is 304 g/mol. The Morgan fingerprint density at radius 1 is 1.38 bits per heavy atom. The number of hydrogen-bond acceptors (Lipinski definition) is 6. The Balaban J connectivity index is 1.86. The van der Waals surface area contributed by atoms with Crippen molar-refractivity contribution in [1.82, 2.24) is 24.5 Å². The number of aromatic nitrogens is 4. The van der Waals surface area contributed by atoms with Crippen molar-refractivity contribution in [2.45, 2.75) is 30.3 Å². The molecule has 0 bridgehead atoms. The summed E-state index contributed by atoms with van der Waals surface area (Å²) >= 11 is 0. The van der Waals surface area contributed by atoms with E-state index in [4.69, 9.17) is 5.26 Å². The molecule has 0 spiro atoms. The summed E-state index contributed by atoms with van der Waals surface area (Å²) in [5.74, 6) is 0.617. The molecular weight excluding hydrogens is 292 g/mol. The van der Waals surface area contributed by atoms with Gasteiger partial charge in [-0.2, -0.15) is 10.4 Å². The van der Waals surface area contributed by atoms with E-state index in [2.05, 4.69) is 19.8 Å². The van der Waals surface area contributed by atoms with E-state index in [1.54, 1.807) is 4.68 Å². The molecule has 9 heteroatoms. The third-order valence-electron chi connectivity index (χ3n) is 3.28. The van der Waals surface area contributed by atoms with Crippen molar-refractivity contribution in [3.8, 4) is 6.07 Å². The van der Waals surface area contributed by atoms with Gasteiger partial charge in [0.1, 0.15) is 28.8 Å². The maximum atomic E-state index is 12.3. The van der Waals surface area contributed by atoms with Crippen molar-refractivity contribution in [2.75, 3.05) is 0 Å². The van der Waals surface area contributed by atoms with Crippen molar-refractivity contribution in [2.24, 2.45) is 0 Å². The smallest absolute Gasteiger partial charge is 0.242 e. The van der Waals surface area contributed by atoms with Crippen molar-refractivity contribution in [1.29, 1.82) is 5.26 Å². The molecule has 1 N–H and O–H groups in total. The molecule has 1 aliphatic rings. The molecule has 0 fully saturated rings. The van der Waals surface area contributed by atoms with Crippen molar-refractivity contribution in [3.05, 3.63) is 36.2 Å². The molecule has 2 aromatic heterocycles. The molecule has 0 aliphatic carbocycles. The number of nitriles is 1. The van der Waals surface area contributed by atoms with Gasteiger partial charge in [0.2, 0.25) is 10.0 Å². The molecule has 0 amide bonds. The molecule has 8 nitrogen and oxygen atoms in total. The summed E-state index contributed by atoms with van der Waals surface area (Å²) in [6.07, 6.45) is 4.09. The van der Waals surface area contributed by atoms with Gasteiger partial charge in [0.05, 0.1) is 6.04 Å². The predicted octanol–water partition coefficient (Wildman–Crippen LogP) is 0.358. The highest BCUT2D eigenvalue weighted by atomic mass is 32.2. The Morgan fingerprint density at radius 2 is 2.24 bits per heavy atom. The second-order valence-corrected chi connectivity index (χ2v) is 6.36. The van der Waals surface area contributed by atoms with Crippen LogP contribution in [0.15, 0.2) is 29.6 Å². The number of aryl methyl sites for hydroxylation is 1. The first-order valence-corrected chi connectivity index (χ1v) is 7.84. The molecule has 3 rings (SSSR count). The monoisotopic (exact) mass is 304 g/mol. The lowest BCUT2D eigenvalue weighted by Gasteiger charge is -2.22.